The maximum Gasteiger partial charge on any atom is 0.271 e. The summed E-state index contributed by atoms with van der Waals surface area (Å²) in [5.74, 6) is -0.177. The average molecular weight is 335 g/mol. The molecule has 1 heterocycles. The Kier molecular flexibility index (Phi) is 5.23. The van der Waals surface area contributed by atoms with Gasteiger partial charge in [0.2, 0.25) is 5.91 Å². The molecule has 1 N–H and O–H groups in total. The Balaban J connectivity index is 1.75. The number of amides is 2. The highest BCUT2D eigenvalue weighted by Gasteiger charge is 2.22. The first kappa shape index (κ1) is 16.9. The van der Waals surface area contributed by atoms with Crippen molar-refractivity contribution in [3.63, 3.8) is 0 Å². The summed E-state index contributed by atoms with van der Waals surface area (Å²) in [5.41, 5.74) is 5.68. The number of hydrazone groups is 1. The number of carbonyl (C=O) groups is 2. The monoisotopic (exact) mass is 335 g/mol. The van der Waals surface area contributed by atoms with Crippen LogP contribution in [-0.4, -0.2) is 24.1 Å². The Labute approximate surface area is 147 Å². The van der Waals surface area contributed by atoms with E-state index in [1.165, 1.54) is 0 Å². The van der Waals surface area contributed by atoms with E-state index in [2.05, 4.69) is 10.5 Å². The fraction of sp³-hybridized carbons (Fsp3) is 0.250. The maximum atomic E-state index is 12.4. The van der Waals surface area contributed by atoms with Crippen molar-refractivity contribution < 1.29 is 9.59 Å². The van der Waals surface area contributed by atoms with E-state index in [-0.39, 0.29) is 11.8 Å². The number of hydrogen-bond donors (Lipinski definition) is 1. The summed E-state index contributed by atoms with van der Waals surface area (Å²) >= 11 is 0. The van der Waals surface area contributed by atoms with E-state index in [1.54, 1.807) is 23.1 Å². The van der Waals surface area contributed by atoms with Crippen LogP contribution < -0.4 is 10.3 Å². The molecular weight excluding hydrogens is 314 g/mol. The van der Waals surface area contributed by atoms with Crippen molar-refractivity contribution in [3.8, 4) is 0 Å². The minimum Gasteiger partial charge on any atom is -0.312 e. The maximum absolute atomic E-state index is 12.4. The van der Waals surface area contributed by atoms with Crippen LogP contribution in [0.3, 0.4) is 0 Å². The van der Waals surface area contributed by atoms with Crippen LogP contribution in [0, 0.1) is 0 Å². The minimum absolute atomic E-state index is 0.105. The smallest absolute Gasteiger partial charge is 0.271 e. The van der Waals surface area contributed by atoms with E-state index in [4.69, 9.17) is 0 Å². The summed E-state index contributed by atoms with van der Waals surface area (Å²) in [7, 11) is 0. The molecule has 25 heavy (non-hydrogen) atoms. The van der Waals surface area contributed by atoms with Gasteiger partial charge in [-0.3, -0.25) is 9.59 Å². The van der Waals surface area contributed by atoms with Crippen LogP contribution >= 0.6 is 0 Å². The van der Waals surface area contributed by atoms with Crippen molar-refractivity contribution in [2.75, 3.05) is 11.4 Å². The summed E-state index contributed by atoms with van der Waals surface area (Å²) in [6.45, 7) is 2.70. The van der Waals surface area contributed by atoms with Crippen molar-refractivity contribution in [3.05, 3.63) is 65.7 Å². The number of hydrogen-bond acceptors (Lipinski definition) is 3. The molecule has 0 spiro atoms. The topological polar surface area (TPSA) is 61.8 Å². The van der Waals surface area contributed by atoms with Crippen molar-refractivity contribution in [2.24, 2.45) is 5.10 Å². The van der Waals surface area contributed by atoms with Crippen LogP contribution in [0.5, 0.6) is 0 Å². The van der Waals surface area contributed by atoms with Gasteiger partial charge in [0.1, 0.15) is 0 Å². The van der Waals surface area contributed by atoms with Crippen LogP contribution in [0.4, 0.5) is 5.69 Å². The molecule has 5 nitrogen and oxygen atoms in total. The van der Waals surface area contributed by atoms with E-state index in [0.717, 1.165) is 23.4 Å². The lowest BCUT2D eigenvalue weighted by atomic mass is 10.1. The van der Waals surface area contributed by atoms with E-state index in [0.29, 0.717) is 24.9 Å². The Hall–Kier alpha value is -2.95. The van der Waals surface area contributed by atoms with Gasteiger partial charge in [-0.15, -0.1) is 0 Å². The highest BCUT2D eigenvalue weighted by Crippen LogP contribution is 2.22. The molecule has 0 unspecified atom stereocenters. The molecule has 5 heteroatoms. The molecule has 1 aliphatic heterocycles. The third-order valence-electron chi connectivity index (χ3n) is 4.23. The molecule has 0 bridgehead atoms. The number of benzene rings is 2. The van der Waals surface area contributed by atoms with Gasteiger partial charge in [-0.05, 0) is 36.6 Å². The summed E-state index contributed by atoms with van der Waals surface area (Å²) in [6.07, 6.45) is 2.14. The van der Waals surface area contributed by atoms with Crippen LogP contribution in [0.25, 0.3) is 0 Å². The van der Waals surface area contributed by atoms with Crippen LogP contribution in [0.15, 0.2) is 59.7 Å². The highest BCUT2D eigenvalue weighted by atomic mass is 16.2. The first-order valence-electron chi connectivity index (χ1n) is 8.52. The quantitative estimate of drug-likeness (QED) is 0.673. The summed E-state index contributed by atoms with van der Waals surface area (Å²) in [6, 6.07) is 16.9. The van der Waals surface area contributed by atoms with Gasteiger partial charge in [0.25, 0.3) is 5.91 Å². The van der Waals surface area contributed by atoms with Crippen LogP contribution in [0.2, 0.25) is 0 Å². The van der Waals surface area contributed by atoms with Gasteiger partial charge < -0.3 is 4.90 Å². The summed E-state index contributed by atoms with van der Waals surface area (Å²) in [5, 5.41) is 4.27. The predicted molar refractivity (Wildman–Crippen MR) is 98.8 cm³/mol. The summed E-state index contributed by atoms with van der Waals surface area (Å²) in [4.78, 5) is 26.0. The molecule has 2 aromatic rings. The molecule has 1 aliphatic rings. The molecule has 3 rings (SSSR count). The third-order valence-corrected chi connectivity index (χ3v) is 4.23. The molecule has 2 amide bonds. The van der Waals surface area contributed by atoms with Crippen molar-refractivity contribution in [2.45, 2.75) is 26.2 Å². The van der Waals surface area contributed by atoms with Gasteiger partial charge in [0.05, 0.1) is 5.71 Å². The lowest BCUT2D eigenvalue weighted by molar-refractivity contribution is -0.117. The Morgan fingerprint density at radius 2 is 1.88 bits per heavy atom. The fourth-order valence-electron chi connectivity index (χ4n) is 2.90. The number of carbonyl (C=O) groups excluding carboxylic acids is 2. The van der Waals surface area contributed by atoms with Crippen LogP contribution in [-0.2, 0) is 4.79 Å². The molecule has 0 radical (unpaired) electrons. The largest absolute Gasteiger partial charge is 0.312 e. The lowest BCUT2D eigenvalue weighted by Crippen LogP contribution is -2.25. The number of nitrogens with zero attached hydrogens (tertiary/aromatic N) is 2. The number of rotatable bonds is 5. The van der Waals surface area contributed by atoms with Gasteiger partial charge in [0, 0.05) is 24.2 Å². The Morgan fingerprint density at radius 1 is 1.12 bits per heavy atom. The third kappa shape index (κ3) is 3.94. The molecule has 0 atom stereocenters. The van der Waals surface area contributed by atoms with Gasteiger partial charge in [-0.25, -0.2) is 5.43 Å². The Morgan fingerprint density at radius 3 is 2.56 bits per heavy atom. The first-order valence-corrected chi connectivity index (χ1v) is 8.52. The molecule has 1 fully saturated rings. The van der Waals surface area contributed by atoms with Gasteiger partial charge in [0.15, 0.2) is 0 Å². The second-order valence-electron chi connectivity index (χ2n) is 5.92. The van der Waals surface area contributed by atoms with Crippen molar-refractivity contribution >= 4 is 23.2 Å². The molecule has 128 valence electrons. The SMILES string of the molecule is CC/C(=N/NC(=O)c1cccc(N2CCCC2=O)c1)c1ccccc1. The normalized spacial score (nSPS) is 14.7. The van der Waals surface area contributed by atoms with Crippen LogP contribution in [0.1, 0.15) is 42.1 Å². The molecule has 2 aromatic carbocycles. The Bertz CT molecular complexity index is 800. The predicted octanol–water partition coefficient (Wildman–Crippen LogP) is 3.36. The molecule has 0 aliphatic carbocycles. The van der Waals surface area contributed by atoms with E-state index < -0.39 is 0 Å². The second kappa shape index (κ2) is 7.75. The zero-order valence-corrected chi connectivity index (χ0v) is 14.2. The zero-order valence-electron chi connectivity index (χ0n) is 14.2. The van der Waals surface area contributed by atoms with Crippen molar-refractivity contribution in [1.82, 2.24) is 5.43 Å². The fourth-order valence-corrected chi connectivity index (χ4v) is 2.90. The summed E-state index contributed by atoms with van der Waals surface area (Å²) < 4.78 is 0. The highest BCUT2D eigenvalue weighted by molar-refractivity contribution is 6.02. The van der Waals surface area contributed by atoms with Gasteiger partial charge >= 0.3 is 0 Å². The lowest BCUT2D eigenvalue weighted by Gasteiger charge is -2.16. The average Bonchev–Trinajstić information content (AvgIpc) is 3.09. The number of nitrogens with one attached hydrogen (secondary N) is 1. The molecule has 0 saturated carbocycles. The van der Waals surface area contributed by atoms with E-state index in [9.17, 15) is 9.59 Å². The number of anilines is 1. The molecule has 0 aromatic heterocycles. The standard InChI is InChI=1S/C20H21N3O2/c1-2-18(15-8-4-3-5-9-15)21-22-20(25)16-10-6-11-17(14-16)23-13-7-12-19(23)24/h3-6,8-11,14H,2,7,12-13H2,1H3,(H,22,25)/b21-18-. The second-order valence-corrected chi connectivity index (χ2v) is 5.92. The molecular formula is C20H21N3O2. The van der Waals surface area contributed by atoms with E-state index >= 15 is 0 Å². The molecule has 1 saturated heterocycles. The first-order chi connectivity index (χ1) is 12.2. The van der Waals surface area contributed by atoms with Gasteiger partial charge in [-0.2, -0.15) is 5.10 Å². The zero-order chi connectivity index (χ0) is 17.6. The minimum atomic E-state index is -0.282. The van der Waals surface area contributed by atoms with Crippen molar-refractivity contribution in [1.29, 1.82) is 0 Å². The van der Waals surface area contributed by atoms with E-state index in [1.807, 2.05) is 43.3 Å². The van der Waals surface area contributed by atoms with Gasteiger partial charge in [-0.1, -0.05) is 43.3 Å².